The van der Waals surface area contributed by atoms with E-state index in [1.165, 1.54) is 23.1 Å². The minimum Gasteiger partial charge on any atom is -0.477 e. The number of carbonyl (C=O) groups excluding carboxylic acids is 1. The lowest BCUT2D eigenvalue weighted by molar-refractivity contribution is -0.385. The van der Waals surface area contributed by atoms with Gasteiger partial charge in [0, 0.05) is 24.7 Å². The summed E-state index contributed by atoms with van der Waals surface area (Å²) in [5.74, 6) is -0.217. The molecule has 0 radical (unpaired) electrons. The highest BCUT2D eigenvalue weighted by Gasteiger charge is 2.16. The third-order valence-electron chi connectivity index (χ3n) is 3.15. The van der Waals surface area contributed by atoms with Crippen LogP contribution >= 0.6 is 11.6 Å². The van der Waals surface area contributed by atoms with Gasteiger partial charge < -0.3 is 9.64 Å². The summed E-state index contributed by atoms with van der Waals surface area (Å²) in [7, 11) is 1.63. The molecule has 0 saturated heterocycles. The van der Waals surface area contributed by atoms with Crippen molar-refractivity contribution in [2.75, 3.05) is 13.7 Å². The summed E-state index contributed by atoms with van der Waals surface area (Å²) in [5, 5.41) is 11.5. The highest BCUT2D eigenvalue weighted by atomic mass is 35.5. The van der Waals surface area contributed by atoms with E-state index in [1.54, 1.807) is 31.3 Å². The van der Waals surface area contributed by atoms with Gasteiger partial charge >= 0.3 is 5.69 Å². The molecule has 0 aliphatic rings. The van der Waals surface area contributed by atoms with Crippen molar-refractivity contribution < 1.29 is 14.5 Å². The van der Waals surface area contributed by atoms with E-state index in [2.05, 4.69) is 0 Å². The van der Waals surface area contributed by atoms with E-state index in [4.69, 9.17) is 16.3 Å². The lowest BCUT2D eigenvalue weighted by Crippen LogP contribution is -2.31. The average molecular weight is 335 g/mol. The minimum absolute atomic E-state index is 0.0713. The number of likely N-dealkylation sites (N-methyl/N-ethyl adjacent to an activating group) is 1. The maximum absolute atomic E-state index is 12.1. The van der Waals surface area contributed by atoms with Gasteiger partial charge in [-0.2, -0.15) is 0 Å². The third kappa shape index (κ3) is 4.69. The summed E-state index contributed by atoms with van der Waals surface area (Å²) < 4.78 is 5.28. The van der Waals surface area contributed by atoms with Gasteiger partial charge in [-0.1, -0.05) is 35.9 Å². The van der Waals surface area contributed by atoms with Crippen molar-refractivity contribution in [3.8, 4) is 5.75 Å². The van der Waals surface area contributed by atoms with Crippen LogP contribution in [0.4, 0.5) is 5.69 Å². The predicted molar refractivity (Wildman–Crippen MR) is 86.5 cm³/mol. The van der Waals surface area contributed by atoms with Gasteiger partial charge in [0.15, 0.2) is 12.4 Å². The predicted octanol–water partition coefficient (Wildman–Crippen LogP) is 3.29. The number of para-hydroxylation sites is 2. The molecular weight excluding hydrogens is 320 g/mol. The first-order valence-corrected chi connectivity index (χ1v) is 7.20. The summed E-state index contributed by atoms with van der Waals surface area (Å²) in [6.07, 6.45) is 0. The van der Waals surface area contributed by atoms with E-state index in [0.717, 1.165) is 5.56 Å². The van der Waals surface area contributed by atoms with Crippen molar-refractivity contribution in [1.82, 2.24) is 4.90 Å². The van der Waals surface area contributed by atoms with Gasteiger partial charge in [0.05, 0.1) is 4.92 Å². The molecule has 0 fully saturated rings. The first-order chi connectivity index (χ1) is 11.0. The lowest BCUT2D eigenvalue weighted by atomic mass is 10.2. The number of hydrogen-bond donors (Lipinski definition) is 0. The van der Waals surface area contributed by atoms with E-state index in [-0.39, 0.29) is 24.0 Å². The Labute approximate surface area is 138 Å². The first kappa shape index (κ1) is 16.8. The second kappa shape index (κ2) is 7.60. The van der Waals surface area contributed by atoms with Crippen LogP contribution in [0.5, 0.6) is 5.75 Å². The fraction of sp³-hybridized carbons (Fsp3) is 0.188. The number of benzene rings is 2. The van der Waals surface area contributed by atoms with Gasteiger partial charge in [0.2, 0.25) is 0 Å². The van der Waals surface area contributed by atoms with Gasteiger partial charge in [0.25, 0.3) is 5.91 Å². The maximum Gasteiger partial charge on any atom is 0.310 e. The highest BCUT2D eigenvalue weighted by Crippen LogP contribution is 2.25. The topological polar surface area (TPSA) is 72.7 Å². The van der Waals surface area contributed by atoms with Gasteiger partial charge in [-0.3, -0.25) is 14.9 Å². The zero-order valence-corrected chi connectivity index (χ0v) is 13.2. The fourth-order valence-electron chi connectivity index (χ4n) is 1.98. The summed E-state index contributed by atoms with van der Waals surface area (Å²) in [6.45, 7) is 0.0988. The third-order valence-corrected chi connectivity index (χ3v) is 3.38. The Morgan fingerprint density at radius 1 is 1.26 bits per heavy atom. The van der Waals surface area contributed by atoms with Gasteiger partial charge in [-0.15, -0.1) is 0 Å². The van der Waals surface area contributed by atoms with Crippen LogP contribution in [0.1, 0.15) is 5.56 Å². The number of halogens is 1. The van der Waals surface area contributed by atoms with E-state index >= 15 is 0 Å². The van der Waals surface area contributed by atoms with Crippen LogP contribution in [0.2, 0.25) is 5.02 Å². The molecule has 7 heteroatoms. The van der Waals surface area contributed by atoms with Crippen molar-refractivity contribution in [1.29, 1.82) is 0 Å². The van der Waals surface area contributed by atoms with E-state index in [9.17, 15) is 14.9 Å². The fourth-order valence-corrected chi connectivity index (χ4v) is 2.19. The molecule has 0 heterocycles. The SMILES string of the molecule is CN(Cc1cccc(Cl)c1)C(=O)COc1ccccc1[N+](=O)[O-]. The van der Waals surface area contributed by atoms with Crippen molar-refractivity contribution in [3.63, 3.8) is 0 Å². The molecule has 0 aromatic heterocycles. The molecule has 0 aliphatic carbocycles. The Morgan fingerprint density at radius 3 is 2.70 bits per heavy atom. The summed E-state index contributed by atoms with van der Waals surface area (Å²) in [5.41, 5.74) is 0.719. The molecule has 0 unspecified atom stereocenters. The number of hydrogen-bond acceptors (Lipinski definition) is 4. The molecule has 2 aromatic carbocycles. The quantitative estimate of drug-likeness (QED) is 0.600. The standard InChI is InChI=1S/C16H15ClN2O4/c1-18(10-12-5-4-6-13(17)9-12)16(20)11-23-15-8-3-2-7-14(15)19(21)22/h2-9H,10-11H2,1H3. The molecule has 0 spiro atoms. The van der Waals surface area contributed by atoms with E-state index < -0.39 is 4.92 Å². The number of nitrogens with zero attached hydrogens (tertiary/aromatic N) is 2. The van der Waals surface area contributed by atoms with Crippen LogP contribution < -0.4 is 4.74 Å². The monoisotopic (exact) mass is 334 g/mol. The van der Waals surface area contributed by atoms with E-state index in [1.807, 2.05) is 6.07 Å². The van der Waals surface area contributed by atoms with Gasteiger partial charge in [0.1, 0.15) is 0 Å². The molecule has 1 amide bonds. The number of nitro benzene ring substituents is 1. The zero-order chi connectivity index (χ0) is 16.8. The summed E-state index contributed by atoms with van der Waals surface area (Å²) >= 11 is 5.90. The van der Waals surface area contributed by atoms with E-state index in [0.29, 0.717) is 11.6 Å². The second-order valence-electron chi connectivity index (χ2n) is 4.89. The van der Waals surface area contributed by atoms with Crippen molar-refractivity contribution in [2.24, 2.45) is 0 Å². The molecule has 6 nitrogen and oxygen atoms in total. The smallest absolute Gasteiger partial charge is 0.310 e. The Balaban J connectivity index is 1.95. The Hall–Kier alpha value is -2.60. The molecular formula is C16H15ClN2O4. The van der Waals surface area contributed by atoms with Crippen molar-refractivity contribution in [3.05, 3.63) is 69.2 Å². The average Bonchev–Trinajstić information content (AvgIpc) is 2.52. The first-order valence-electron chi connectivity index (χ1n) is 6.82. The van der Waals surface area contributed by atoms with Crippen LogP contribution in [0.15, 0.2) is 48.5 Å². The largest absolute Gasteiger partial charge is 0.477 e. The lowest BCUT2D eigenvalue weighted by Gasteiger charge is -2.17. The minimum atomic E-state index is -0.546. The Morgan fingerprint density at radius 2 is 2.00 bits per heavy atom. The van der Waals surface area contributed by atoms with Crippen LogP contribution in [0.3, 0.4) is 0 Å². The number of amides is 1. The number of ether oxygens (including phenoxy) is 1. The Bertz CT molecular complexity index is 721. The van der Waals surface area contributed by atoms with Crippen LogP contribution in [-0.4, -0.2) is 29.4 Å². The number of nitro groups is 1. The molecule has 120 valence electrons. The van der Waals surface area contributed by atoms with Gasteiger partial charge in [-0.05, 0) is 23.8 Å². The molecule has 2 rings (SSSR count). The molecule has 0 bridgehead atoms. The van der Waals surface area contributed by atoms with Crippen LogP contribution in [-0.2, 0) is 11.3 Å². The molecule has 0 aliphatic heterocycles. The normalized spacial score (nSPS) is 10.2. The number of rotatable bonds is 6. The summed E-state index contributed by atoms with van der Waals surface area (Å²) in [6, 6.07) is 13.1. The second-order valence-corrected chi connectivity index (χ2v) is 5.33. The van der Waals surface area contributed by atoms with Crippen molar-refractivity contribution >= 4 is 23.2 Å². The molecule has 2 aromatic rings. The van der Waals surface area contributed by atoms with Crippen molar-refractivity contribution in [2.45, 2.75) is 6.54 Å². The number of carbonyl (C=O) groups is 1. The molecule has 0 N–H and O–H groups in total. The van der Waals surface area contributed by atoms with Crippen LogP contribution in [0.25, 0.3) is 0 Å². The summed E-state index contributed by atoms with van der Waals surface area (Å²) in [4.78, 5) is 23.9. The Kier molecular flexibility index (Phi) is 5.54. The van der Waals surface area contributed by atoms with Crippen LogP contribution in [0, 0.1) is 10.1 Å². The molecule has 0 atom stereocenters. The highest BCUT2D eigenvalue weighted by molar-refractivity contribution is 6.30. The van der Waals surface area contributed by atoms with Gasteiger partial charge in [-0.25, -0.2) is 0 Å². The maximum atomic E-state index is 12.1. The molecule has 23 heavy (non-hydrogen) atoms. The molecule has 0 saturated carbocycles. The zero-order valence-electron chi connectivity index (χ0n) is 12.4.